The Morgan fingerprint density at radius 1 is 1.30 bits per heavy atom. The lowest BCUT2D eigenvalue weighted by Crippen LogP contribution is -2.33. The van der Waals surface area contributed by atoms with Crippen LogP contribution in [0, 0.1) is 0 Å². The first-order valence-corrected chi connectivity index (χ1v) is 10.6. The SMILES string of the molecule is O=C(Cn1cnc2ccc(Br)cc2c1=O)NCCc1nc2c(s1)CCCC2. The topological polar surface area (TPSA) is 76.9 Å². The maximum Gasteiger partial charge on any atom is 0.261 e. The van der Waals surface area contributed by atoms with E-state index in [0.717, 1.165) is 28.7 Å². The summed E-state index contributed by atoms with van der Waals surface area (Å²) in [6.07, 6.45) is 6.82. The molecular formula is C19H19BrN4O2S. The zero-order valence-electron chi connectivity index (χ0n) is 14.7. The van der Waals surface area contributed by atoms with Crippen LogP contribution in [0.4, 0.5) is 0 Å². The normalized spacial score (nSPS) is 13.5. The van der Waals surface area contributed by atoms with Crippen molar-refractivity contribution >= 4 is 44.1 Å². The minimum atomic E-state index is -0.218. The third-order valence-corrected chi connectivity index (χ3v) is 6.36. The molecule has 1 amide bonds. The first kappa shape index (κ1) is 18.3. The van der Waals surface area contributed by atoms with Crippen LogP contribution in [0.25, 0.3) is 10.9 Å². The molecule has 0 atom stereocenters. The summed E-state index contributed by atoms with van der Waals surface area (Å²) in [5.41, 5.74) is 1.64. The van der Waals surface area contributed by atoms with Crippen molar-refractivity contribution in [2.45, 2.75) is 38.6 Å². The van der Waals surface area contributed by atoms with Gasteiger partial charge in [-0.15, -0.1) is 11.3 Å². The number of benzene rings is 1. The number of hydrogen-bond acceptors (Lipinski definition) is 5. The van der Waals surface area contributed by atoms with Gasteiger partial charge >= 0.3 is 0 Å². The summed E-state index contributed by atoms with van der Waals surface area (Å²) < 4.78 is 2.15. The van der Waals surface area contributed by atoms with E-state index < -0.39 is 0 Å². The van der Waals surface area contributed by atoms with E-state index in [-0.39, 0.29) is 18.0 Å². The Hall–Kier alpha value is -2.06. The molecular weight excluding hydrogens is 428 g/mol. The van der Waals surface area contributed by atoms with Gasteiger partial charge in [0.2, 0.25) is 5.91 Å². The Labute approximate surface area is 168 Å². The molecule has 1 aliphatic carbocycles. The van der Waals surface area contributed by atoms with Crippen LogP contribution in [0.15, 0.2) is 33.8 Å². The molecule has 27 heavy (non-hydrogen) atoms. The first-order chi connectivity index (χ1) is 13.1. The number of halogens is 1. The average Bonchev–Trinajstić information content (AvgIpc) is 3.07. The average molecular weight is 447 g/mol. The van der Waals surface area contributed by atoms with Gasteiger partial charge in [0.25, 0.3) is 5.56 Å². The summed E-state index contributed by atoms with van der Waals surface area (Å²) in [5.74, 6) is -0.199. The van der Waals surface area contributed by atoms with Gasteiger partial charge < -0.3 is 5.32 Å². The van der Waals surface area contributed by atoms with Gasteiger partial charge in [-0.2, -0.15) is 0 Å². The van der Waals surface area contributed by atoms with Crippen LogP contribution in [0.2, 0.25) is 0 Å². The van der Waals surface area contributed by atoms with Crippen LogP contribution in [0.1, 0.15) is 28.4 Å². The molecule has 140 valence electrons. The second-order valence-corrected chi connectivity index (χ2v) is 8.71. The Morgan fingerprint density at radius 2 is 2.15 bits per heavy atom. The van der Waals surface area contributed by atoms with E-state index in [1.54, 1.807) is 23.5 Å². The van der Waals surface area contributed by atoms with Crippen LogP contribution >= 0.6 is 27.3 Å². The molecule has 2 heterocycles. The third kappa shape index (κ3) is 4.11. The second-order valence-electron chi connectivity index (χ2n) is 6.62. The highest BCUT2D eigenvalue weighted by molar-refractivity contribution is 9.10. The molecule has 0 saturated heterocycles. The van der Waals surface area contributed by atoms with Crippen molar-refractivity contribution in [3.05, 3.63) is 54.9 Å². The monoisotopic (exact) mass is 446 g/mol. The number of thiazole rings is 1. The molecule has 2 aromatic heterocycles. The lowest BCUT2D eigenvalue weighted by Gasteiger charge is -2.07. The smallest absolute Gasteiger partial charge is 0.261 e. The molecule has 1 aromatic carbocycles. The van der Waals surface area contributed by atoms with Crippen molar-refractivity contribution in [1.82, 2.24) is 19.9 Å². The van der Waals surface area contributed by atoms with Gasteiger partial charge in [0.05, 0.1) is 27.9 Å². The summed E-state index contributed by atoms with van der Waals surface area (Å²) in [6.45, 7) is 0.481. The van der Waals surface area contributed by atoms with Crippen molar-refractivity contribution in [1.29, 1.82) is 0 Å². The molecule has 0 saturated carbocycles. The molecule has 0 unspecified atom stereocenters. The van der Waals surface area contributed by atoms with Crippen molar-refractivity contribution in [3.8, 4) is 0 Å². The molecule has 4 rings (SSSR count). The minimum Gasteiger partial charge on any atom is -0.354 e. The summed E-state index contributed by atoms with van der Waals surface area (Å²) >= 11 is 5.12. The van der Waals surface area contributed by atoms with Gasteiger partial charge in [0.1, 0.15) is 6.54 Å². The Bertz CT molecular complexity index is 1040. The molecule has 6 nitrogen and oxygen atoms in total. The number of nitrogens with one attached hydrogen (secondary N) is 1. The fourth-order valence-corrected chi connectivity index (χ4v) is 4.79. The van der Waals surface area contributed by atoms with Gasteiger partial charge in [-0.1, -0.05) is 15.9 Å². The van der Waals surface area contributed by atoms with Crippen LogP contribution in [0.5, 0.6) is 0 Å². The van der Waals surface area contributed by atoms with E-state index in [1.807, 2.05) is 6.07 Å². The molecule has 0 fully saturated rings. The lowest BCUT2D eigenvalue weighted by molar-refractivity contribution is -0.121. The fourth-order valence-electron chi connectivity index (χ4n) is 3.28. The number of carbonyl (C=O) groups excluding carboxylic acids is 1. The molecule has 0 bridgehead atoms. The Kier molecular flexibility index (Phi) is 5.36. The van der Waals surface area contributed by atoms with Crippen LogP contribution in [-0.2, 0) is 30.6 Å². The molecule has 0 aliphatic heterocycles. The highest BCUT2D eigenvalue weighted by Gasteiger charge is 2.15. The third-order valence-electron chi connectivity index (χ3n) is 4.65. The largest absolute Gasteiger partial charge is 0.354 e. The molecule has 8 heteroatoms. The summed E-state index contributed by atoms with van der Waals surface area (Å²) in [7, 11) is 0. The number of aryl methyl sites for hydroxylation is 2. The molecule has 0 radical (unpaired) electrons. The zero-order chi connectivity index (χ0) is 18.8. The van der Waals surface area contributed by atoms with E-state index in [1.165, 1.54) is 34.3 Å². The number of carbonyl (C=O) groups is 1. The quantitative estimate of drug-likeness (QED) is 0.653. The highest BCUT2D eigenvalue weighted by atomic mass is 79.9. The van der Waals surface area contributed by atoms with E-state index >= 15 is 0 Å². The summed E-state index contributed by atoms with van der Waals surface area (Å²) in [4.78, 5) is 35.1. The number of fused-ring (bicyclic) bond motifs is 2. The molecule has 0 spiro atoms. The second kappa shape index (κ2) is 7.90. The molecule has 3 aromatic rings. The number of hydrogen-bond donors (Lipinski definition) is 1. The Morgan fingerprint density at radius 3 is 3.00 bits per heavy atom. The first-order valence-electron chi connectivity index (χ1n) is 8.99. The van der Waals surface area contributed by atoms with Crippen molar-refractivity contribution in [2.24, 2.45) is 0 Å². The van der Waals surface area contributed by atoms with E-state index in [9.17, 15) is 9.59 Å². The zero-order valence-corrected chi connectivity index (χ0v) is 17.1. The van der Waals surface area contributed by atoms with Crippen molar-refractivity contribution in [3.63, 3.8) is 0 Å². The van der Waals surface area contributed by atoms with E-state index in [2.05, 4.69) is 31.2 Å². The molecule has 1 N–H and O–H groups in total. The highest BCUT2D eigenvalue weighted by Crippen LogP contribution is 2.26. The maximum atomic E-state index is 12.5. The summed E-state index contributed by atoms with van der Waals surface area (Å²) in [6, 6.07) is 5.34. The van der Waals surface area contributed by atoms with Crippen molar-refractivity contribution < 1.29 is 4.79 Å². The van der Waals surface area contributed by atoms with Gasteiger partial charge in [-0.3, -0.25) is 14.2 Å². The number of rotatable bonds is 5. The minimum absolute atomic E-state index is 0.0390. The van der Waals surface area contributed by atoms with Gasteiger partial charge in [-0.05, 0) is 43.9 Å². The van der Waals surface area contributed by atoms with Crippen molar-refractivity contribution in [2.75, 3.05) is 6.54 Å². The predicted octanol–water partition coefficient (Wildman–Crippen LogP) is 2.85. The standard InChI is InChI=1S/C19H19BrN4O2S/c20-12-5-6-14-13(9-12)19(26)24(11-22-14)10-17(25)21-8-7-18-23-15-3-1-2-4-16(15)27-18/h5-6,9,11H,1-4,7-8,10H2,(H,21,25). The summed E-state index contributed by atoms with van der Waals surface area (Å²) in [5, 5.41) is 4.45. The lowest BCUT2D eigenvalue weighted by atomic mass is 10.0. The molecule has 1 aliphatic rings. The predicted molar refractivity (Wildman–Crippen MR) is 109 cm³/mol. The van der Waals surface area contributed by atoms with Gasteiger partial charge in [-0.25, -0.2) is 9.97 Å². The van der Waals surface area contributed by atoms with E-state index in [0.29, 0.717) is 17.4 Å². The fraction of sp³-hybridized carbons (Fsp3) is 0.368. The Balaban J connectivity index is 1.37. The van der Waals surface area contributed by atoms with E-state index in [4.69, 9.17) is 0 Å². The van der Waals surface area contributed by atoms with Crippen LogP contribution < -0.4 is 10.9 Å². The maximum absolute atomic E-state index is 12.5. The van der Waals surface area contributed by atoms with Crippen LogP contribution in [-0.4, -0.2) is 27.0 Å². The number of aromatic nitrogens is 3. The van der Waals surface area contributed by atoms with Gasteiger partial charge in [0.15, 0.2) is 0 Å². The van der Waals surface area contributed by atoms with Crippen LogP contribution in [0.3, 0.4) is 0 Å². The van der Waals surface area contributed by atoms with Gasteiger partial charge in [0, 0.05) is 22.3 Å². The number of amides is 1. The number of nitrogens with zero attached hydrogens (tertiary/aromatic N) is 3.